The minimum atomic E-state index is -3.34. The fourth-order valence-corrected chi connectivity index (χ4v) is 4.04. The minimum absolute atomic E-state index is 0.0541. The summed E-state index contributed by atoms with van der Waals surface area (Å²) in [4.78, 5) is 0. The molecular weight excluding hydrogens is 298 g/mol. The predicted molar refractivity (Wildman–Crippen MR) is 82.8 cm³/mol. The van der Waals surface area contributed by atoms with Crippen LogP contribution in [0.4, 0.5) is 0 Å². The molecule has 1 atom stereocenters. The Morgan fingerprint density at radius 2 is 1.90 bits per heavy atom. The molecule has 0 saturated heterocycles. The van der Waals surface area contributed by atoms with Crippen LogP contribution in [-0.2, 0) is 14.8 Å². The van der Waals surface area contributed by atoms with E-state index in [1.54, 1.807) is 7.11 Å². The van der Waals surface area contributed by atoms with Crippen LogP contribution in [-0.4, -0.2) is 51.2 Å². The molecule has 0 heterocycles. The maximum absolute atomic E-state index is 12.4. The molecule has 0 bridgehead atoms. The first-order valence-electron chi connectivity index (χ1n) is 6.59. The van der Waals surface area contributed by atoms with Crippen LogP contribution in [0, 0.1) is 0 Å². The van der Waals surface area contributed by atoms with Crippen LogP contribution in [0.1, 0.15) is 18.4 Å². The third-order valence-electron chi connectivity index (χ3n) is 3.10. The molecule has 0 spiro atoms. The highest BCUT2D eigenvalue weighted by Crippen LogP contribution is 2.18. The summed E-state index contributed by atoms with van der Waals surface area (Å²) in [7, 11) is -1.78. The molecule has 0 radical (unpaired) electrons. The van der Waals surface area contributed by atoms with E-state index in [0.717, 1.165) is 5.56 Å². The van der Waals surface area contributed by atoms with Crippen molar-refractivity contribution < 1.29 is 13.2 Å². The van der Waals surface area contributed by atoms with Gasteiger partial charge in [0.05, 0.1) is 12.4 Å². The smallest absolute Gasteiger partial charge is 0.214 e. The molecule has 1 aromatic rings. The zero-order valence-electron chi connectivity index (χ0n) is 12.0. The van der Waals surface area contributed by atoms with Gasteiger partial charge in [0.15, 0.2) is 0 Å². The van der Waals surface area contributed by atoms with Crippen molar-refractivity contribution in [3.8, 4) is 0 Å². The Morgan fingerprint density at radius 3 is 2.45 bits per heavy atom. The monoisotopic (exact) mass is 319 g/mol. The topological polar surface area (TPSA) is 46.6 Å². The lowest BCUT2D eigenvalue weighted by Crippen LogP contribution is -2.38. The van der Waals surface area contributed by atoms with Gasteiger partial charge >= 0.3 is 0 Å². The van der Waals surface area contributed by atoms with Crippen molar-refractivity contribution in [2.45, 2.75) is 12.8 Å². The number of sulfonamides is 1. The third kappa shape index (κ3) is 5.40. The van der Waals surface area contributed by atoms with Crippen molar-refractivity contribution >= 4 is 21.6 Å². The first kappa shape index (κ1) is 17.4. The molecule has 0 aliphatic rings. The Kier molecular flexibility index (Phi) is 7.51. The van der Waals surface area contributed by atoms with E-state index in [9.17, 15) is 8.42 Å². The van der Waals surface area contributed by atoms with Gasteiger partial charge in [0.1, 0.15) is 0 Å². The largest absolute Gasteiger partial charge is 0.383 e. The third-order valence-corrected chi connectivity index (χ3v) is 5.34. The summed E-state index contributed by atoms with van der Waals surface area (Å²) in [6.45, 7) is 2.94. The van der Waals surface area contributed by atoms with E-state index in [0.29, 0.717) is 19.7 Å². The van der Waals surface area contributed by atoms with Crippen molar-refractivity contribution in [2.75, 3.05) is 38.4 Å². The average molecular weight is 320 g/mol. The van der Waals surface area contributed by atoms with Crippen LogP contribution in [0.15, 0.2) is 30.3 Å². The standard InChI is InChI=1S/C14H22ClNO3S/c1-13(14-6-4-3-5-7-14)12-20(17,18)16(9-8-15)10-11-19-2/h3-7,13H,8-12H2,1-2H3. The van der Waals surface area contributed by atoms with Gasteiger partial charge in [0.25, 0.3) is 0 Å². The van der Waals surface area contributed by atoms with E-state index in [1.165, 1.54) is 4.31 Å². The lowest BCUT2D eigenvalue weighted by Gasteiger charge is -2.23. The van der Waals surface area contributed by atoms with E-state index in [-0.39, 0.29) is 17.6 Å². The molecule has 0 aliphatic carbocycles. The number of methoxy groups -OCH3 is 1. The lowest BCUT2D eigenvalue weighted by atomic mass is 10.0. The molecule has 0 fully saturated rings. The summed E-state index contributed by atoms with van der Waals surface area (Å²) in [6, 6.07) is 9.64. The second-order valence-electron chi connectivity index (χ2n) is 4.67. The van der Waals surface area contributed by atoms with Gasteiger partial charge in [-0.3, -0.25) is 0 Å². The average Bonchev–Trinajstić information content (AvgIpc) is 2.43. The molecule has 0 aromatic heterocycles. The number of alkyl halides is 1. The summed E-state index contributed by atoms with van der Waals surface area (Å²) in [5.74, 6) is 0.307. The Labute approximate surface area is 126 Å². The Bertz CT molecular complexity index is 478. The first-order chi connectivity index (χ1) is 9.51. The normalized spacial score (nSPS) is 13.6. The molecule has 0 amide bonds. The van der Waals surface area contributed by atoms with Crippen LogP contribution in [0.5, 0.6) is 0 Å². The number of hydrogen-bond donors (Lipinski definition) is 0. The number of nitrogens with zero attached hydrogens (tertiary/aromatic N) is 1. The molecule has 0 saturated carbocycles. The fourth-order valence-electron chi connectivity index (χ4n) is 1.98. The summed E-state index contributed by atoms with van der Waals surface area (Å²) in [5.41, 5.74) is 1.02. The fraction of sp³-hybridized carbons (Fsp3) is 0.571. The van der Waals surface area contributed by atoms with E-state index in [2.05, 4.69) is 0 Å². The molecule has 1 unspecified atom stereocenters. The SMILES string of the molecule is COCCN(CCCl)S(=O)(=O)CC(C)c1ccccc1. The molecule has 0 aliphatic heterocycles. The molecule has 6 heteroatoms. The van der Waals surface area contributed by atoms with Gasteiger partial charge in [0.2, 0.25) is 10.0 Å². The number of ether oxygens (including phenoxy) is 1. The number of hydrogen-bond acceptors (Lipinski definition) is 3. The second kappa shape index (κ2) is 8.62. The van der Waals surface area contributed by atoms with Crippen LogP contribution >= 0.6 is 11.6 Å². The first-order valence-corrected chi connectivity index (χ1v) is 8.73. The van der Waals surface area contributed by atoms with Crippen LogP contribution in [0.2, 0.25) is 0 Å². The molecule has 4 nitrogen and oxygen atoms in total. The predicted octanol–water partition coefficient (Wildman–Crippen LogP) is 2.31. The van der Waals surface area contributed by atoms with E-state index in [4.69, 9.17) is 16.3 Å². The van der Waals surface area contributed by atoms with Gasteiger partial charge in [-0.05, 0) is 11.5 Å². The molecule has 20 heavy (non-hydrogen) atoms. The van der Waals surface area contributed by atoms with Gasteiger partial charge in [0, 0.05) is 26.1 Å². The van der Waals surface area contributed by atoms with Crippen molar-refractivity contribution in [2.24, 2.45) is 0 Å². The molecule has 1 rings (SSSR count). The van der Waals surface area contributed by atoms with Crippen molar-refractivity contribution in [1.82, 2.24) is 4.31 Å². The van der Waals surface area contributed by atoms with Gasteiger partial charge in [-0.1, -0.05) is 37.3 Å². The van der Waals surface area contributed by atoms with Gasteiger partial charge in [-0.2, -0.15) is 4.31 Å². The quantitative estimate of drug-likeness (QED) is 0.656. The van der Waals surface area contributed by atoms with Gasteiger partial charge in [-0.15, -0.1) is 11.6 Å². The van der Waals surface area contributed by atoms with Gasteiger partial charge in [-0.25, -0.2) is 8.42 Å². The summed E-state index contributed by atoms with van der Waals surface area (Å²) >= 11 is 5.69. The molecular formula is C14H22ClNO3S. The Hall–Kier alpha value is -0.620. The maximum Gasteiger partial charge on any atom is 0.214 e. The van der Waals surface area contributed by atoms with Crippen LogP contribution in [0.3, 0.4) is 0 Å². The highest BCUT2D eigenvalue weighted by molar-refractivity contribution is 7.89. The van der Waals surface area contributed by atoms with Gasteiger partial charge < -0.3 is 4.74 Å². The molecule has 1 aromatic carbocycles. The van der Waals surface area contributed by atoms with E-state index < -0.39 is 10.0 Å². The maximum atomic E-state index is 12.4. The zero-order valence-corrected chi connectivity index (χ0v) is 13.5. The highest BCUT2D eigenvalue weighted by atomic mass is 35.5. The summed E-state index contributed by atoms with van der Waals surface area (Å²) in [6.07, 6.45) is 0. The summed E-state index contributed by atoms with van der Waals surface area (Å²) in [5, 5.41) is 0. The number of halogens is 1. The highest BCUT2D eigenvalue weighted by Gasteiger charge is 2.24. The Balaban J connectivity index is 2.75. The van der Waals surface area contributed by atoms with E-state index >= 15 is 0 Å². The van der Waals surface area contributed by atoms with Crippen molar-refractivity contribution in [1.29, 1.82) is 0 Å². The minimum Gasteiger partial charge on any atom is -0.383 e. The lowest BCUT2D eigenvalue weighted by molar-refractivity contribution is 0.180. The number of rotatable bonds is 9. The van der Waals surface area contributed by atoms with Crippen molar-refractivity contribution in [3.63, 3.8) is 0 Å². The summed E-state index contributed by atoms with van der Waals surface area (Å²) < 4.78 is 31.2. The van der Waals surface area contributed by atoms with Crippen LogP contribution in [0.25, 0.3) is 0 Å². The number of benzene rings is 1. The second-order valence-corrected chi connectivity index (χ2v) is 7.06. The van der Waals surface area contributed by atoms with Crippen LogP contribution < -0.4 is 0 Å². The Morgan fingerprint density at radius 1 is 1.25 bits per heavy atom. The van der Waals surface area contributed by atoms with Crippen molar-refractivity contribution in [3.05, 3.63) is 35.9 Å². The molecule has 0 N–H and O–H groups in total. The molecule has 114 valence electrons. The van der Waals surface area contributed by atoms with E-state index in [1.807, 2.05) is 37.3 Å². The zero-order chi connectivity index (χ0) is 15.0.